The number of hydrogen-bond donors (Lipinski definition) is 1. The summed E-state index contributed by atoms with van der Waals surface area (Å²) >= 11 is 0. The summed E-state index contributed by atoms with van der Waals surface area (Å²) in [5.74, 6) is -0.242. The summed E-state index contributed by atoms with van der Waals surface area (Å²) in [6, 6.07) is 9.77. The molecule has 1 aromatic carbocycles. The highest BCUT2D eigenvalue weighted by molar-refractivity contribution is 6.17. The van der Waals surface area contributed by atoms with E-state index in [0.29, 0.717) is 5.57 Å². The Morgan fingerprint density at radius 1 is 1.15 bits per heavy atom. The van der Waals surface area contributed by atoms with Crippen LogP contribution in [-0.2, 0) is 9.53 Å². The maximum absolute atomic E-state index is 12.5. The van der Waals surface area contributed by atoms with Crippen LogP contribution in [0.25, 0.3) is 5.57 Å². The van der Waals surface area contributed by atoms with Gasteiger partial charge in [0, 0.05) is 12.2 Å². The maximum Gasteiger partial charge on any atom is 0.341 e. The van der Waals surface area contributed by atoms with Crippen molar-refractivity contribution in [3.8, 4) is 0 Å². The molecule has 3 heteroatoms. The van der Waals surface area contributed by atoms with Crippen LogP contribution in [0.4, 0.5) is 0 Å². The second-order valence-electron chi connectivity index (χ2n) is 6.11. The lowest BCUT2D eigenvalue weighted by atomic mass is 9.98. The first-order chi connectivity index (χ1) is 9.47. The van der Waals surface area contributed by atoms with Gasteiger partial charge in [-0.15, -0.1) is 0 Å². The second kappa shape index (κ2) is 6.12. The molecule has 108 valence electrons. The van der Waals surface area contributed by atoms with E-state index < -0.39 is 5.60 Å². The molecule has 2 rings (SSSR count). The van der Waals surface area contributed by atoms with Crippen LogP contribution in [-0.4, -0.2) is 18.1 Å². The van der Waals surface area contributed by atoms with Crippen molar-refractivity contribution in [3.63, 3.8) is 0 Å². The Morgan fingerprint density at radius 2 is 1.85 bits per heavy atom. The van der Waals surface area contributed by atoms with Gasteiger partial charge in [-0.3, -0.25) is 0 Å². The molecule has 0 radical (unpaired) electrons. The number of carbonyl (C=O) groups excluding carboxylic acids is 1. The first-order valence-corrected chi connectivity index (χ1v) is 7.23. The fraction of sp³-hybridized carbons (Fsp3) is 0.471. The van der Waals surface area contributed by atoms with Gasteiger partial charge in [-0.25, -0.2) is 4.79 Å². The van der Waals surface area contributed by atoms with Crippen LogP contribution in [0.1, 0.15) is 45.6 Å². The van der Waals surface area contributed by atoms with Gasteiger partial charge in [-0.05, 0) is 45.6 Å². The van der Waals surface area contributed by atoms with E-state index >= 15 is 0 Å². The average molecular weight is 273 g/mol. The molecule has 1 aliphatic rings. The number of rotatable bonds is 2. The molecule has 1 heterocycles. The highest BCUT2D eigenvalue weighted by atomic mass is 16.6. The highest BCUT2D eigenvalue weighted by Gasteiger charge is 2.24. The standard InChI is InChI=1S/C17H23NO2/c1-17(2,3)20-16(19)15(13-9-5-4-6-10-13)14-11-7-8-12-18-14/h4-6,9-10,18H,7-8,11-12H2,1-3H3. The topological polar surface area (TPSA) is 38.3 Å². The lowest BCUT2D eigenvalue weighted by Crippen LogP contribution is -2.28. The number of piperidine rings is 1. The van der Waals surface area contributed by atoms with Crippen molar-refractivity contribution in [2.24, 2.45) is 0 Å². The van der Waals surface area contributed by atoms with Gasteiger partial charge < -0.3 is 10.1 Å². The Balaban J connectivity index is 2.37. The molecule has 0 aliphatic carbocycles. The van der Waals surface area contributed by atoms with E-state index in [4.69, 9.17) is 4.74 Å². The number of allylic oxidation sites excluding steroid dienone is 1. The fourth-order valence-electron chi connectivity index (χ4n) is 2.32. The molecule has 1 aromatic rings. The van der Waals surface area contributed by atoms with Crippen LogP contribution in [0.2, 0.25) is 0 Å². The lowest BCUT2D eigenvalue weighted by Gasteiger charge is -2.24. The average Bonchev–Trinajstić information content (AvgIpc) is 2.39. The molecule has 0 unspecified atom stereocenters. The third-order valence-electron chi connectivity index (χ3n) is 3.16. The van der Waals surface area contributed by atoms with Gasteiger partial charge in [-0.1, -0.05) is 30.3 Å². The SMILES string of the molecule is CC(C)(C)OC(=O)C(=C1CCCCN1)c1ccccc1. The number of ether oxygens (including phenoxy) is 1. The van der Waals surface area contributed by atoms with Crippen LogP contribution in [0.15, 0.2) is 36.0 Å². The van der Waals surface area contributed by atoms with Crippen molar-refractivity contribution in [3.05, 3.63) is 41.6 Å². The molecule has 0 aromatic heterocycles. The predicted molar refractivity (Wildman–Crippen MR) is 81.1 cm³/mol. The van der Waals surface area contributed by atoms with Crippen molar-refractivity contribution in [1.82, 2.24) is 5.32 Å². The van der Waals surface area contributed by atoms with E-state index in [1.54, 1.807) is 0 Å². The molecule has 20 heavy (non-hydrogen) atoms. The zero-order chi connectivity index (χ0) is 14.6. The Kier molecular flexibility index (Phi) is 4.48. The minimum atomic E-state index is -0.480. The van der Waals surface area contributed by atoms with Gasteiger partial charge in [0.25, 0.3) is 0 Å². The monoisotopic (exact) mass is 273 g/mol. The molecule has 0 bridgehead atoms. The highest BCUT2D eigenvalue weighted by Crippen LogP contribution is 2.26. The van der Waals surface area contributed by atoms with Gasteiger partial charge in [0.1, 0.15) is 5.60 Å². The zero-order valence-corrected chi connectivity index (χ0v) is 12.5. The summed E-state index contributed by atoms with van der Waals surface area (Å²) in [5, 5.41) is 3.36. The third-order valence-corrected chi connectivity index (χ3v) is 3.16. The summed E-state index contributed by atoms with van der Waals surface area (Å²) in [5.41, 5.74) is 2.13. The Hall–Kier alpha value is -1.77. The van der Waals surface area contributed by atoms with E-state index in [0.717, 1.165) is 37.1 Å². The molecule has 1 fully saturated rings. The van der Waals surface area contributed by atoms with Gasteiger partial charge in [0.15, 0.2) is 0 Å². The van der Waals surface area contributed by atoms with Crippen molar-refractivity contribution in [2.45, 2.75) is 45.6 Å². The van der Waals surface area contributed by atoms with E-state index in [2.05, 4.69) is 5.32 Å². The predicted octanol–water partition coefficient (Wildman–Crippen LogP) is 3.51. The van der Waals surface area contributed by atoms with Crippen molar-refractivity contribution >= 4 is 11.5 Å². The molecule has 1 N–H and O–H groups in total. The number of esters is 1. The number of nitrogens with one attached hydrogen (secondary N) is 1. The first kappa shape index (κ1) is 14.6. The quantitative estimate of drug-likeness (QED) is 0.662. The summed E-state index contributed by atoms with van der Waals surface area (Å²) in [4.78, 5) is 12.5. The van der Waals surface area contributed by atoms with Crippen molar-refractivity contribution < 1.29 is 9.53 Å². The van der Waals surface area contributed by atoms with E-state index in [1.807, 2.05) is 51.1 Å². The van der Waals surface area contributed by atoms with Crippen LogP contribution < -0.4 is 5.32 Å². The molecule has 0 saturated carbocycles. The maximum atomic E-state index is 12.5. The zero-order valence-electron chi connectivity index (χ0n) is 12.5. The molecule has 1 aliphatic heterocycles. The molecule has 1 saturated heterocycles. The van der Waals surface area contributed by atoms with Gasteiger partial charge in [0.2, 0.25) is 0 Å². The van der Waals surface area contributed by atoms with Crippen LogP contribution in [0.3, 0.4) is 0 Å². The van der Waals surface area contributed by atoms with Crippen LogP contribution >= 0.6 is 0 Å². The van der Waals surface area contributed by atoms with Crippen molar-refractivity contribution in [1.29, 1.82) is 0 Å². The normalized spacial score (nSPS) is 18.1. The minimum Gasteiger partial charge on any atom is -0.456 e. The second-order valence-corrected chi connectivity index (χ2v) is 6.11. The van der Waals surface area contributed by atoms with E-state index in [9.17, 15) is 4.79 Å². The fourth-order valence-corrected chi connectivity index (χ4v) is 2.32. The summed E-state index contributed by atoms with van der Waals surface area (Å²) in [6.07, 6.45) is 3.17. The Morgan fingerprint density at radius 3 is 2.40 bits per heavy atom. The van der Waals surface area contributed by atoms with Gasteiger partial charge in [0.05, 0.1) is 5.57 Å². The van der Waals surface area contributed by atoms with Crippen molar-refractivity contribution in [2.75, 3.05) is 6.54 Å². The van der Waals surface area contributed by atoms with Gasteiger partial charge in [-0.2, -0.15) is 0 Å². The summed E-state index contributed by atoms with van der Waals surface area (Å²) in [6.45, 7) is 6.61. The van der Waals surface area contributed by atoms with Crippen LogP contribution in [0.5, 0.6) is 0 Å². The number of benzene rings is 1. The molecule has 0 atom stereocenters. The third kappa shape index (κ3) is 3.86. The summed E-state index contributed by atoms with van der Waals surface area (Å²) < 4.78 is 5.57. The minimum absolute atomic E-state index is 0.242. The summed E-state index contributed by atoms with van der Waals surface area (Å²) in [7, 11) is 0. The molecular weight excluding hydrogens is 250 g/mol. The molecule has 0 spiro atoms. The smallest absolute Gasteiger partial charge is 0.341 e. The van der Waals surface area contributed by atoms with E-state index in [-0.39, 0.29) is 5.97 Å². The first-order valence-electron chi connectivity index (χ1n) is 7.23. The largest absolute Gasteiger partial charge is 0.456 e. The molecule has 3 nitrogen and oxygen atoms in total. The van der Waals surface area contributed by atoms with E-state index in [1.165, 1.54) is 0 Å². The Labute approximate surface area is 121 Å². The van der Waals surface area contributed by atoms with Gasteiger partial charge >= 0.3 is 5.97 Å². The number of carbonyl (C=O) groups is 1. The molecular formula is C17H23NO2. The number of hydrogen-bond acceptors (Lipinski definition) is 3. The molecule has 0 amide bonds. The Bertz CT molecular complexity index is 489. The lowest BCUT2D eigenvalue weighted by molar-refractivity contribution is -0.147. The van der Waals surface area contributed by atoms with Crippen LogP contribution in [0, 0.1) is 0 Å².